The molecule has 6 heteroatoms. The number of nitro groups is 1. The second-order valence-electron chi connectivity index (χ2n) is 3.35. The summed E-state index contributed by atoms with van der Waals surface area (Å²) in [6.07, 6.45) is -0.779. The van der Waals surface area contributed by atoms with Crippen LogP contribution in [-0.2, 0) is 6.42 Å². The number of methoxy groups -OCH3 is 2. The van der Waals surface area contributed by atoms with Crippen LogP contribution >= 0.6 is 0 Å². The molecule has 86 valence electrons. The molecule has 0 spiro atoms. The molecule has 1 aliphatic rings. The smallest absolute Gasteiger partial charge is 0.358 e. The third-order valence-corrected chi connectivity index (χ3v) is 2.47. The summed E-state index contributed by atoms with van der Waals surface area (Å²) >= 11 is 0. The molecule has 0 aliphatic carbocycles. The average Bonchev–Trinajstić information content (AvgIpc) is 2.71. The standard InChI is InChI=1S/C10H11NO5/c1-14-7-4-3-6-5-8(11(12)13)16-9(6)10(7)15-2/h3-4,8H,5H2,1-2H3. The molecule has 0 aromatic heterocycles. The second-order valence-corrected chi connectivity index (χ2v) is 3.35. The fourth-order valence-electron chi connectivity index (χ4n) is 1.71. The first-order valence-corrected chi connectivity index (χ1v) is 4.71. The van der Waals surface area contributed by atoms with E-state index in [1.54, 1.807) is 12.1 Å². The van der Waals surface area contributed by atoms with Crippen molar-refractivity contribution in [2.45, 2.75) is 12.6 Å². The van der Waals surface area contributed by atoms with E-state index in [0.717, 1.165) is 5.56 Å². The highest BCUT2D eigenvalue weighted by Gasteiger charge is 2.35. The minimum atomic E-state index is -1.03. The molecule has 1 unspecified atom stereocenters. The van der Waals surface area contributed by atoms with Crippen LogP contribution in [0.2, 0.25) is 0 Å². The van der Waals surface area contributed by atoms with Crippen molar-refractivity contribution in [2.24, 2.45) is 0 Å². The van der Waals surface area contributed by atoms with Gasteiger partial charge in [-0.25, -0.2) is 0 Å². The van der Waals surface area contributed by atoms with Crippen molar-refractivity contribution < 1.29 is 19.1 Å². The molecule has 0 radical (unpaired) electrons. The summed E-state index contributed by atoms with van der Waals surface area (Å²) in [6.45, 7) is 0. The van der Waals surface area contributed by atoms with Crippen LogP contribution in [-0.4, -0.2) is 25.4 Å². The minimum Gasteiger partial charge on any atom is -0.493 e. The van der Waals surface area contributed by atoms with Gasteiger partial charge in [0.25, 0.3) is 0 Å². The van der Waals surface area contributed by atoms with E-state index in [-0.39, 0.29) is 6.42 Å². The highest BCUT2D eigenvalue weighted by atomic mass is 16.7. The van der Waals surface area contributed by atoms with Crippen LogP contribution in [0, 0.1) is 10.1 Å². The Morgan fingerprint density at radius 3 is 2.75 bits per heavy atom. The lowest BCUT2D eigenvalue weighted by molar-refractivity contribution is -0.558. The van der Waals surface area contributed by atoms with Crippen molar-refractivity contribution in [3.8, 4) is 17.2 Å². The zero-order chi connectivity index (χ0) is 11.7. The Morgan fingerprint density at radius 2 is 2.19 bits per heavy atom. The number of rotatable bonds is 3. The van der Waals surface area contributed by atoms with E-state index in [2.05, 4.69) is 0 Å². The van der Waals surface area contributed by atoms with Crippen LogP contribution in [0.5, 0.6) is 17.2 Å². The van der Waals surface area contributed by atoms with Gasteiger partial charge in [-0.1, -0.05) is 6.07 Å². The molecule has 0 saturated carbocycles. The maximum atomic E-state index is 10.6. The zero-order valence-corrected chi connectivity index (χ0v) is 8.93. The predicted octanol–water partition coefficient (Wildman–Crippen LogP) is 1.24. The van der Waals surface area contributed by atoms with Crippen LogP contribution in [0.25, 0.3) is 0 Å². The van der Waals surface area contributed by atoms with Gasteiger partial charge in [0, 0.05) is 5.56 Å². The van der Waals surface area contributed by atoms with Crippen molar-refractivity contribution in [1.82, 2.24) is 0 Å². The average molecular weight is 225 g/mol. The van der Waals surface area contributed by atoms with E-state index in [4.69, 9.17) is 14.2 Å². The van der Waals surface area contributed by atoms with Gasteiger partial charge in [-0.3, -0.25) is 10.1 Å². The first-order chi connectivity index (χ1) is 7.67. The van der Waals surface area contributed by atoms with Gasteiger partial charge in [0.05, 0.1) is 25.6 Å². The molecule has 0 bridgehead atoms. The third-order valence-electron chi connectivity index (χ3n) is 2.47. The highest BCUT2D eigenvalue weighted by Crippen LogP contribution is 2.44. The SMILES string of the molecule is COc1ccc2c(c1OC)OC([N+](=O)[O-])C2. The van der Waals surface area contributed by atoms with Crippen LogP contribution in [0.3, 0.4) is 0 Å². The largest absolute Gasteiger partial charge is 0.493 e. The summed E-state index contributed by atoms with van der Waals surface area (Å²) in [4.78, 5) is 10.2. The van der Waals surface area contributed by atoms with Gasteiger partial charge in [-0.05, 0) is 6.07 Å². The van der Waals surface area contributed by atoms with E-state index in [1.807, 2.05) is 0 Å². The summed E-state index contributed by atoms with van der Waals surface area (Å²) in [5, 5.41) is 10.6. The molecule has 1 aromatic rings. The van der Waals surface area contributed by atoms with Crippen molar-refractivity contribution in [2.75, 3.05) is 14.2 Å². The second kappa shape index (κ2) is 3.88. The fraction of sp³-hybridized carbons (Fsp3) is 0.400. The van der Waals surface area contributed by atoms with Crippen LogP contribution < -0.4 is 14.2 Å². The molecule has 6 nitrogen and oxygen atoms in total. The maximum absolute atomic E-state index is 10.6. The number of hydrogen-bond donors (Lipinski definition) is 0. The lowest BCUT2D eigenvalue weighted by Crippen LogP contribution is -2.23. The van der Waals surface area contributed by atoms with Crippen molar-refractivity contribution in [1.29, 1.82) is 0 Å². The minimum absolute atomic E-state index is 0.253. The number of ether oxygens (including phenoxy) is 3. The van der Waals surface area contributed by atoms with Gasteiger partial charge >= 0.3 is 6.23 Å². The summed E-state index contributed by atoms with van der Waals surface area (Å²) in [7, 11) is 2.98. The topological polar surface area (TPSA) is 70.8 Å². The van der Waals surface area contributed by atoms with Crippen LogP contribution in [0.4, 0.5) is 0 Å². The lowest BCUT2D eigenvalue weighted by Gasteiger charge is -2.10. The van der Waals surface area contributed by atoms with Crippen molar-refractivity contribution in [3.05, 3.63) is 27.8 Å². The van der Waals surface area contributed by atoms with Crippen LogP contribution in [0.15, 0.2) is 12.1 Å². The van der Waals surface area contributed by atoms with Gasteiger partial charge in [-0.15, -0.1) is 0 Å². The molecule has 0 amide bonds. The Morgan fingerprint density at radius 1 is 1.44 bits per heavy atom. The molecule has 0 fully saturated rings. The molecular weight excluding hydrogens is 214 g/mol. The summed E-state index contributed by atoms with van der Waals surface area (Å²) in [5.74, 6) is 1.32. The van der Waals surface area contributed by atoms with E-state index in [0.29, 0.717) is 17.2 Å². The quantitative estimate of drug-likeness (QED) is 0.571. The Balaban J connectivity index is 2.41. The van der Waals surface area contributed by atoms with Gasteiger partial charge < -0.3 is 14.2 Å². The van der Waals surface area contributed by atoms with E-state index >= 15 is 0 Å². The van der Waals surface area contributed by atoms with Crippen molar-refractivity contribution >= 4 is 0 Å². The molecule has 2 rings (SSSR count). The van der Waals surface area contributed by atoms with Gasteiger partial charge in [0.15, 0.2) is 11.5 Å². The summed E-state index contributed by atoms with van der Waals surface area (Å²) < 4.78 is 15.4. The van der Waals surface area contributed by atoms with E-state index < -0.39 is 11.2 Å². The Labute approximate surface area is 91.9 Å². The van der Waals surface area contributed by atoms with Gasteiger partial charge in [-0.2, -0.15) is 0 Å². The van der Waals surface area contributed by atoms with E-state index in [9.17, 15) is 10.1 Å². The van der Waals surface area contributed by atoms with Gasteiger partial charge in [0.2, 0.25) is 5.75 Å². The Hall–Kier alpha value is -1.98. The normalized spacial score (nSPS) is 17.5. The zero-order valence-electron chi connectivity index (χ0n) is 8.93. The molecule has 1 heterocycles. The number of fused-ring (bicyclic) bond motifs is 1. The Bertz CT molecular complexity index is 431. The third kappa shape index (κ3) is 1.52. The molecule has 1 atom stereocenters. The number of nitrogens with zero attached hydrogens (tertiary/aromatic N) is 1. The molecule has 16 heavy (non-hydrogen) atoms. The molecule has 0 N–H and O–H groups in total. The first-order valence-electron chi connectivity index (χ1n) is 4.71. The lowest BCUT2D eigenvalue weighted by atomic mass is 10.1. The highest BCUT2D eigenvalue weighted by molar-refractivity contribution is 5.57. The molecule has 0 saturated heterocycles. The monoisotopic (exact) mass is 225 g/mol. The van der Waals surface area contributed by atoms with E-state index in [1.165, 1.54) is 14.2 Å². The fourth-order valence-corrected chi connectivity index (χ4v) is 1.71. The van der Waals surface area contributed by atoms with Crippen molar-refractivity contribution in [3.63, 3.8) is 0 Å². The maximum Gasteiger partial charge on any atom is 0.358 e. The molecule has 1 aromatic carbocycles. The number of benzene rings is 1. The van der Waals surface area contributed by atoms with Gasteiger partial charge in [0.1, 0.15) is 0 Å². The number of hydrogen-bond acceptors (Lipinski definition) is 5. The predicted molar refractivity (Wildman–Crippen MR) is 54.7 cm³/mol. The first kappa shape index (κ1) is 10.5. The Kier molecular flexibility index (Phi) is 2.55. The summed E-state index contributed by atoms with van der Waals surface area (Å²) in [6, 6.07) is 3.46. The molecular formula is C10H11NO5. The van der Waals surface area contributed by atoms with Crippen LogP contribution in [0.1, 0.15) is 5.56 Å². The summed E-state index contributed by atoms with van der Waals surface area (Å²) in [5.41, 5.74) is 0.763. The molecule has 1 aliphatic heterocycles.